The Kier molecular flexibility index (Phi) is 4.66. The van der Waals surface area contributed by atoms with E-state index in [9.17, 15) is 9.59 Å². The highest BCUT2D eigenvalue weighted by Gasteiger charge is 2.23. The van der Waals surface area contributed by atoms with Gasteiger partial charge in [0.05, 0.1) is 0 Å². The Morgan fingerprint density at radius 3 is 2.74 bits per heavy atom. The largest absolute Gasteiger partial charge is 0.335 e. The fraction of sp³-hybridized carbons (Fsp3) is 0.333. The van der Waals surface area contributed by atoms with Crippen molar-refractivity contribution in [3.8, 4) is 0 Å². The molecule has 0 aliphatic carbocycles. The third-order valence-electron chi connectivity index (χ3n) is 4.33. The molecule has 0 radical (unpaired) electrons. The number of aryl methyl sites for hydroxylation is 1. The fourth-order valence-corrected chi connectivity index (χ4v) is 3.40. The first kappa shape index (κ1) is 16.0. The van der Waals surface area contributed by atoms with Crippen LogP contribution in [0, 0.1) is 0 Å². The van der Waals surface area contributed by atoms with Gasteiger partial charge in [0.2, 0.25) is 5.91 Å². The molecule has 0 bridgehead atoms. The van der Waals surface area contributed by atoms with Crippen molar-refractivity contribution < 1.29 is 9.59 Å². The topological polar surface area (TPSA) is 40.6 Å². The first-order chi connectivity index (χ1) is 11.1. The normalized spacial score (nSPS) is 17.3. The Morgan fingerprint density at radius 1 is 1.22 bits per heavy atom. The Hall–Kier alpha value is -1.88. The van der Waals surface area contributed by atoms with Crippen molar-refractivity contribution >= 4 is 33.4 Å². The first-order valence-corrected chi connectivity index (χ1v) is 8.60. The molecule has 0 saturated carbocycles. The van der Waals surface area contributed by atoms with Crippen LogP contribution in [0.25, 0.3) is 0 Å². The number of hydrogen-bond acceptors (Lipinski definition) is 2. The van der Waals surface area contributed by atoms with Crippen LogP contribution in [0.2, 0.25) is 0 Å². The van der Waals surface area contributed by atoms with Crippen molar-refractivity contribution in [2.75, 3.05) is 24.5 Å². The quantitative estimate of drug-likeness (QED) is 0.745. The second-order valence-electron chi connectivity index (χ2n) is 5.79. The highest BCUT2D eigenvalue weighted by Crippen LogP contribution is 2.29. The van der Waals surface area contributed by atoms with Gasteiger partial charge in [-0.15, -0.1) is 0 Å². The van der Waals surface area contributed by atoms with Gasteiger partial charge in [0.25, 0.3) is 5.91 Å². The summed E-state index contributed by atoms with van der Waals surface area (Å²) in [6.07, 6.45) is 6.03. The summed E-state index contributed by atoms with van der Waals surface area (Å²) in [7, 11) is 0. The molecule has 2 heterocycles. The summed E-state index contributed by atoms with van der Waals surface area (Å²) in [4.78, 5) is 28.2. The van der Waals surface area contributed by atoms with E-state index in [0.29, 0.717) is 18.7 Å². The van der Waals surface area contributed by atoms with Crippen LogP contribution in [0.15, 0.2) is 41.4 Å². The van der Waals surface area contributed by atoms with Gasteiger partial charge in [0.1, 0.15) is 0 Å². The molecular formula is C18H19BrN2O2. The minimum absolute atomic E-state index is 0.0521. The number of benzene rings is 1. The smallest absolute Gasteiger partial charge is 0.254 e. The second kappa shape index (κ2) is 6.71. The summed E-state index contributed by atoms with van der Waals surface area (Å²) in [6, 6.07) is 5.65. The molecule has 3 rings (SSSR count). The summed E-state index contributed by atoms with van der Waals surface area (Å²) in [5.74, 6) is -0.0349. The molecule has 0 spiro atoms. The molecule has 0 saturated heterocycles. The number of hydrogen-bond donors (Lipinski definition) is 0. The molecule has 4 nitrogen and oxygen atoms in total. The van der Waals surface area contributed by atoms with Crippen LogP contribution in [-0.4, -0.2) is 36.3 Å². The van der Waals surface area contributed by atoms with Gasteiger partial charge in [-0.25, -0.2) is 0 Å². The van der Waals surface area contributed by atoms with Crippen molar-refractivity contribution in [2.45, 2.75) is 19.3 Å². The third-order valence-corrected chi connectivity index (χ3v) is 5.05. The van der Waals surface area contributed by atoms with Gasteiger partial charge in [0.15, 0.2) is 0 Å². The molecule has 23 heavy (non-hydrogen) atoms. The lowest BCUT2D eigenvalue weighted by atomic mass is 9.98. The molecule has 0 N–H and O–H groups in total. The van der Waals surface area contributed by atoms with Crippen molar-refractivity contribution in [3.05, 3.63) is 52.5 Å². The van der Waals surface area contributed by atoms with Crippen molar-refractivity contribution in [3.63, 3.8) is 0 Å². The molecule has 0 fully saturated rings. The maximum atomic E-state index is 12.6. The van der Waals surface area contributed by atoms with Crippen molar-refractivity contribution in [2.24, 2.45) is 0 Å². The second-order valence-corrected chi connectivity index (χ2v) is 6.81. The number of rotatable bonds is 2. The van der Waals surface area contributed by atoms with Crippen LogP contribution in [0.5, 0.6) is 0 Å². The van der Waals surface area contributed by atoms with Gasteiger partial charge in [-0.05, 0) is 53.6 Å². The molecule has 1 aromatic carbocycles. The van der Waals surface area contributed by atoms with Crippen LogP contribution in [0.1, 0.15) is 28.8 Å². The van der Waals surface area contributed by atoms with E-state index in [0.717, 1.165) is 41.5 Å². The summed E-state index contributed by atoms with van der Waals surface area (Å²) in [6.45, 7) is 5.63. The average molecular weight is 375 g/mol. The molecule has 5 heteroatoms. The van der Waals surface area contributed by atoms with Gasteiger partial charge >= 0.3 is 0 Å². The Labute approximate surface area is 144 Å². The van der Waals surface area contributed by atoms with Gasteiger partial charge < -0.3 is 9.80 Å². The van der Waals surface area contributed by atoms with E-state index >= 15 is 0 Å². The number of carbonyl (C=O) groups is 2. The Bertz CT molecular complexity index is 696. The van der Waals surface area contributed by atoms with E-state index in [1.807, 2.05) is 29.2 Å². The molecule has 0 atom stereocenters. The number of fused-ring (bicyclic) bond motifs is 1. The van der Waals surface area contributed by atoms with E-state index in [1.54, 1.807) is 4.90 Å². The number of nitrogens with zero attached hydrogens (tertiary/aromatic N) is 2. The molecule has 2 aliphatic heterocycles. The lowest BCUT2D eigenvalue weighted by Gasteiger charge is -2.30. The fourth-order valence-electron chi connectivity index (χ4n) is 3.08. The van der Waals surface area contributed by atoms with Crippen LogP contribution in [-0.2, 0) is 11.2 Å². The zero-order valence-electron chi connectivity index (χ0n) is 12.9. The lowest BCUT2D eigenvalue weighted by molar-refractivity contribution is -0.114. The summed E-state index contributed by atoms with van der Waals surface area (Å²) >= 11 is 3.47. The summed E-state index contributed by atoms with van der Waals surface area (Å²) in [5.41, 5.74) is 2.66. The zero-order valence-corrected chi connectivity index (χ0v) is 14.5. The van der Waals surface area contributed by atoms with E-state index in [1.165, 1.54) is 6.08 Å². The van der Waals surface area contributed by atoms with Gasteiger partial charge in [-0.3, -0.25) is 9.59 Å². The number of amides is 2. The molecular weight excluding hydrogens is 356 g/mol. The first-order valence-electron chi connectivity index (χ1n) is 7.81. The molecule has 2 aliphatic rings. The van der Waals surface area contributed by atoms with Gasteiger partial charge in [0, 0.05) is 30.9 Å². The minimum Gasteiger partial charge on any atom is -0.335 e. The van der Waals surface area contributed by atoms with Crippen molar-refractivity contribution in [1.82, 2.24) is 4.90 Å². The average Bonchev–Trinajstić information content (AvgIpc) is 2.60. The van der Waals surface area contributed by atoms with E-state index in [4.69, 9.17) is 0 Å². The maximum Gasteiger partial charge on any atom is 0.254 e. The van der Waals surface area contributed by atoms with Gasteiger partial charge in [-0.2, -0.15) is 0 Å². The maximum absolute atomic E-state index is 12.6. The van der Waals surface area contributed by atoms with Crippen molar-refractivity contribution in [1.29, 1.82) is 0 Å². The summed E-state index contributed by atoms with van der Waals surface area (Å²) < 4.78 is 1.16. The van der Waals surface area contributed by atoms with Gasteiger partial charge in [-0.1, -0.05) is 28.6 Å². The SMILES string of the molecule is C=CC(=O)N1CCCc2cc(C(=O)N3CC=C(Br)CC3)ccc21. The van der Waals surface area contributed by atoms with Crippen LogP contribution >= 0.6 is 15.9 Å². The van der Waals surface area contributed by atoms with Crippen LogP contribution in [0.3, 0.4) is 0 Å². The zero-order chi connectivity index (χ0) is 16.4. The number of carbonyl (C=O) groups excluding carboxylic acids is 2. The monoisotopic (exact) mass is 374 g/mol. The van der Waals surface area contributed by atoms with E-state index < -0.39 is 0 Å². The predicted octanol–water partition coefficient (Wildman–Crippen LogP) is 3.28. The predicted molar refractivity (Wildman–Crippen MR) is 94.8 cm³/mol. The third kappa shape index (κ3) is 3.24. The van der Waals surface area contributed by atoms with E-state index in [-0.39, 0.29) is 11.8 Å². The minimum atomic E-state index is -0.0870. The Balaban J connectivity index is 1.85. The lowest BCUT2D eigenvalue weighted by Crippen LogP contribution is -2.36. The highest BCUT2D eigenvalue weighted by atomic mass is 79.9. The number of halogens is 1. The van der Waals surface area contributed by atoms with Crippen LogP contribution < -0.4 is 4.90 Å². The number of anilines is 1. The molecule has 1 aromatic rings. The standard InChI is InChI=1S/C18H19BrN2O2/c1-2-17(22)21-9-3-4-13-12-14(5-6-16(13)21)18(23)20-10-7-15(19)8-11-20/h2,5-7,12H,1,3-4,8-11H2. The summed E-state index contributed by atoms with van der Waals surface area (Å²) in [5, 5.41) is 0. The van der Waals surface area contributed by atoms with E-state index in [2.05, 4.69) is 22.5 Å². The highest BCUT2D eigenvalue weighted by molar-refractivity contribution is 9.11. The Morgan fingerprint density at radius 2 is 2.04 bits per heavy atom. The molecule has 2 amide bonds. The molecule has 0 aromatic heterocycles. The molecule has 120 valence electrons. The van der Waals surface area contributed by atoms with Crippen LogP contribution in [0.4, 0.5) is 5.69 Å². The molecule has 0 unspecified atom stereocenters.